The Morgan fingerprint density at radius 3 is 2.90 bits per heavy atom. The maximum atomic E-state index is 13.3. The first-order chi connectivity index (χ1) is 14.5. The zero-order valence-corrected chi connectivity index (χ0v) is 17.3. The Labute approximate surface area is 176 Å². The molecule has 2 aromatic heterocycles. The molecular weight excluding hydrogens is 407 g/mol. The lowest BCUT2D eigenvalue weighted by molar-refractivity contribution is -0.116. The number of rotatable bonds is 7. The van der Waals surface area contributed by atoms with E-state index in [1.165, 1.54) is 23.9 Å². The van der Waals surface area contributed by atoms with Crippen LogP contribution in [-0.2, 0) is 17.0 Å². The molecule has 4 rings (SSSR count). The van der Waals surface area contributed by atoms with Crippen LogP contribution in [0.1, 0.15) is 29.3 Å². The third-order valence-corrected chi connectivity index (χ3v) is 5.22. The highest BCUT2D eigenvalue weighted by atomic mass is 32.2. The van der Waals surface area contributed by atoms with E-state index in [4.69, 9.17) is 8.94 Å². The van der Waals surface area contributed by atoms with Crippen LogP contribution in [0.15, 0.2) is 50.6 Å². The Kier molecular flexibility index (Phi) is 5.80. The average Bonchev–Trinajstić information content (AvgIpc) is 3.33. The number of anilines is 1. The number of hydrogen-bond acceptors (Lipinski definition) is 7. The third-order valence-electron chi connectivity index (χ3n) is 4.40. The van der Waals surface area contributed by atoms with Crippen LogP contribution in [0.25, 0.3) is 11.1 Å². The van der Waals surface area contributed by atoms with E-state index in [1.807, 2.05) is 25.1 Å². The van der Waals surface area contributed by atoms with Gasteiger partial charge < -0.3 is 14.3 Å². The van der Waals surface area contributed by atoms with Gasteiger partial charge in [-0.15, -0.1) is 0 Å². The molecule has 2 aromatic carbocycles. The third kappa shape index (κ3) is 4.85. The van der Waals surface area contributed by atoms with Crippen LogP contribution < -0.4 is 5.32 Å². The van der Waals surface area contributed by atoms with Gasteiger partial charge in [-0.05, 0) is 49.2 Å². The maximum absolute atomic E-state index is 13.3. The van der Waals surface area contributed by atoms with Crippen LogP contribution in [0.3, 0.4) is 0 Å². The summed E-state index contributed by atoms with van der Waals surface area (Å²) in [6, 6.07) is 10.1. The second-order valence-electron chi connectivity index (χ2n) is 6.85. The summed E-state index contributed by atoms with van der Waals surface area (Å²) in [5.41, 5.74) is 3.90. The zero-order chi connectivity index (χ0) is 21.1. The second-order valence-corrected chi connectivity index (χ2v) is 7.78. The predicted octanol–water partition coefficient (Wildman–Crippen LogP) is 4.83. The molecule has 2 heterocycles. The molecule has 0 aliphatic rings. The van der Waals surface area contributed by atoms with Crippen molar-refractivity contribution in [3.63, 3.8) is 0 Å². The minimum absolute atomic E-state index is 0.148. The van der Waals surface area contributed by atoms with Crippen molar-refractivity contribution in [1.29, 1.82) is 0 Å². The summed E-state index contributed by atoms with van der Waals surface area (Å²) in [5, 5.41) is 7.16. The predicted molar refractivity (Wildman–Crippen MR) is 111 cm³/mol. The molecule has 1 N–H and O–H groups in total. The molecule has 0 saturated heterocycles. The Balaban J connectivity index is 1.29. The average molecular weight is 426 g/mol. The van der Waals surface area contributed by atoms with Crippen molar-refractivity contribution in [2.45, 2.75) is 37.7 Å². The van der Waals surface area contributed by atoms with Gasteiger partial charge in [0, 0.05) is 18.5 Å². The molecule has 0 aliphatic carbocycles. The molecule has 30 heavy (non-hydrogen) atoms. The van der Waals surface area contributed by atoms with Gasteiger partial charge in [0.05, 0.1) is 5.75 Å². The Morgan fingerprint density at radius 1 is 1.17 bits per heavy atom. The number of nitrogens with one attached hydrogen (secondary N) is 1. The van der Waals surface area contributed by atoms with Crippen LogP contribution in [-0.4, -0.2) is 21.0 Å². The fourth-order valence-corrected chi connectivity index (χ4v) is 3.50. The monoisotopic (exact) mass is 426 g/mol. The van der Waals surface area contributed by atoms with Crippen molar-refractivity contribution < 1.29 is 18.1 Å². The van der Waals surface area contributed by atoms with E-state index in [-0.39, 0.29) is 12.3 Å². The molecule has 9 heteroatoms. The molecule has 7 nitrogen and oxygen atoms in total. The van der Waals surface area contributed by atoms with Crippen molar-refractivity contribution in [3.05, 3.63) is 65.1 Å². The zero-order valence-electron chi connectivity index (χ0n) is 16.4. The van der Waals surface area contributed by atoms with Gasteiger partial charge in [0.15, 0.2) is 11.4 Å². The Morgan fingerprint density at radius 2 is 2.03 bits per heavy atom. The van der Waals surface area contributed by atoms with Crippen molar-refractivity contribution in [2.75, 3.05) is 5.32 Å². The topological polar surface area (TPSA) is 94.0 Å². The van der Waals surface area contributed by atoms with Gasteiger partial charge in [-0.2, -0.15) is 4.98 Å². The quantitative estimate of drug-likeness (QED) is 0.423. The summed E-state index contributed by atoms with van der Waals surface area (Å²) in [6.07, 6.45) is 0.440. The molecule has 4 aromatic rings. The molecule has 1 amide bonds. The van der Waals surface area contributed by atoms with Crippen LogP contribution in [0.5, 0.6) is 0 Å². The number of oxazole rings is 1. The number of carbonyl (C=O) groups excluding carboxylic acids is 1. The summed E-state index contributed by atoms with van der Waals surface area (Å²) in [4.78, 5) is 20.9. The molecule has 0 fully saturated rings. The smallest absolute Gasteiger partial charge is 0.257 e. The van der Waals surface area contributed by atoms with Crippen LogP contribution >= 0.6 is 11.8 Å². The standard InChI is InChI=1S/C21H19FN4O3S/c1-12-3-6-17-16(9-12)24-21(28-17)30-11-18-25-20(29-26-18)8-7-19(27)23-15-10-14(22)5-4-13(15)2/h3-6,9-10H,7-8,11H2,1-2H3,(H,23,27). The fraction of sp³-hybridized carbons (Fsp3) is 0.238. The minimum atomic E-state index is -0.399. The van der Waals surface area contributed by atoms with Gasteiger partial charge in [-0.25, -0.2) is 9.37 Å². The number of amides is 1. The van der Waals surface area contributed by atoms with Crippen molar-refractivity contribution in [3.8, 4) is 0 Å². The van der Waals surface area contributed by atoms with E-state index in [0.717, 1.165) is 22.2 Å². The number of thioether (sulfide) groups is 1. The van der Waals surface area contributed by atoms with Crippen LogP contribution in [0.4, 0.5) is 10.1 Å². The van der Waals surface area contributed by atoms with E-state index in [2.05, 4.69) is 20.4 Å². The molecule has 0 spiro atoms. The molecule has 0 aliphatic heterocycles. The van der Waals surface area contributed by atoms with Gasteiger partial charge in [0.2, 0.25) is 11.8 Å². The maximum Gasteiger partial charge on any atom is 0.257 e. The summed E-state index contributed by atoms with van der Waals surface area (Å²) in [6.45, 7) is 3.80. The molecule has 0 bridgehead atoms. The number of halogens is 1. The summed E-state index contributed by atoms with van der Waals surface area (Å²) in [7, 11) is 0. The number of aryl methyl sites for hydroxylation is 3. The summed E-state index contributed by atoms with van der Waals surface area (Å²) < 4.78 is 24.2. The van der Waals surface area contributed by atoms with E-state index >= 15 is 0 Å². The molecule has 0 radical (unpaired) electrons. The van der Waals surface area contributed by atoms with E-state index in [0.29, 0.717) is 34.8 Å². The largest absolute Gasteiger partial charge is 0.431 e. The number of nitrogens with zero attached hydrogens (tertiary/aromatic N) is 3. The first-order valence-electron chi connectivity index (χ1n) is 9.34. The first kappa shape index (κ1) is 20.1. The van der Waals surface area contributed by atoms with Gasteiger partial charge in [0.1, 0.15) is 11.3 Å². The number of hydrogen-bond donors (Lipinski definition) is 1. The Hall–Kier alpha value is -3.20. The second kappa shape index (κ2) is 8.66. The van der Waals surface area contributed by atoms with Crippen molar-refractivity contribution >= 4 is 34.5 Å². The lowest BCUT2D eigenvalue weighted by atomic mass is 10.2. The van der Waals surface area contributed by atoms with Crippen LogP contribution in [0, 0.1) is 19.7 Å². The van der Waals surface area contributed by atoms with Gasteiger partial charge >= 0.3 is 0 Å². The summed E-state index contributed by atoms with van der Waals surface area (Å²) in [5.74, 6) is 0.646. The summed E-state index contributed by atoms with van der Waals surface area (Å²) >= 11 is 1.37. The molecule has 0 atom stereocenters. The highest BCUT2D eigenvalue weighted by molar-refractivity contribution is 7.98. The highest BCUT2D eigenvalue weighted by Crippen LogP contribution is 2.26. The first-order valence-corrected chi connectivity index (χ1v) is 10.3. The molecule has 0 saturated carbocycles. The van der Waals surface area contributed by atoms with Crippen LogP contribution in [0.2, 0.25) is 0 Å². The highest BCUT2D eigenvalue weighted by Gasteiger charge is 2.13. The molecular formula is C21H19FN4O3S. The normalized spacial score (nSPS) is 11.2. The van der Waals surface area contributed by atoms with E-state index in [9.17, 15) is 9.18 Å². The fourth-order valence-electron chi connectivity index (χ4n) is 2.82. The lowest BCUT2D eigenvalue weighted by Gasteiger charge is -2.07. The van der Waals surface area contributed by atoms with Crippen molar-refractivity contribution in [2.24, 2.45) is 0 Å². The Bertz CT molecular complexity index is 1200. The number of fused-ring (bicyclic) bond motifs is 1. The van der Waals surface area contributed by atoms with E-state index in [1.54, 1.807) is 13.0 Å². The minimum Gasteiger partial charge on any atom is -0.431 e. The van der Waals surface area contributed by atoms with E-state index < -0.39 is 5.82 Å². The van der Waals surface area contributed by atoms with Gasteiger partial charge in [-0.3, -0.25) is 4.79 Å². The molecule has 154 valence electrons. The number of aromatic nitrogens is 3. The van der Waals surface area contributed by atoms with Crippen molar-refractivity contribution in [1.82, 2.24) is 15.1 Å². The number of carbonyl (C=O) groups is 1. The SMILES string of the molecule is Cc1ccc2oc(SCc3noc(CCC(=O)Nc4cc(F)ccc4C)n3)nc2c1. The van der Waals surface area contributed by atoms with Gasteiger partial charge in [0.25, 0.3) is 5.22 Å². The number of benzene rings is 2. The van der Waals surface area contributed by atoms with Gasteiger partial charge in [-0.1, -0.05) is 29.1 Å². The lowest BCUT2D eigenvalue weighted by Crippen LogP contribution is -2.13. The molecule has 0 unspecified atom stereocenters.